The maximum absolute atomic E-state index is 12.6. The molecule has 0 bridgehead atoms. The van der Waals surface area contributed by atoms with Gasteiger partial charge in [0.15, 0.2) is 0 Å². The van der Waals surface area contributed by atoms with Gasteiger partial charge in [-0.25, -0.2) is 0 Å². The van der Waals surface area contributed by atoms with E-state index in [2.05, 4.69) is 5.32 Å². The minimum absolute atomic E-state index is 0.249. The third kappa shape index (κ3) is 3.90. The van der Waals surface area contributed by atoms with Crippen LogP contribution in [0.15, 0.2) is 30.3 Å². The molecule has 0 spiro atoms. The Kier molecular flexibility index (Phi) is 5.89. The first kappa shape index (κ1) is 18.3. The van der Waals surface area contributed by atoms with Crippen molar-refractivity contribution < 1.29 is 19.1 Å². The van der Waals surface area contributed by atoms with Gasteiger partial charge in [-0.1, -0.05) is 11.6 Å². The van der Waals surface area contributed by atoms with Gasteiger partial charge in [0.05, 0.1) is 30.5 Å². The summed E-state index contributed by atoms with van der Waals surface area (Å²) in [4.78, 5) is 23.9. The van der Waals surface area contributed by atoms with E-state index in [9.17, 15) is 9.59 Å². The number of amides is 2. The van der Waals surface area contributed by atoms with E-state index in [-0.39, 0.29) is 11.1 Å². The predicted molar refractivity (Wildman–Crippen MR) is 100 cm³/mol. The summed E-state index contributed by atoms with van der Waals surface area (Å²) in [5, 5.41) is 3.11. The number of halogens is 2. The Morgan fingerprint density at radius 3 is 2.38 bits per heavy atom. The van der Waals surface area contributed by atoms with Crippen molar-refractivity contribution in [3.05, 3.63) is 50.1 Å². The van der Waals surface area contributed by atoms with Gasteiger partial charge in [-0.2, -0.15) is 0 Å². The topological polar surface area (TPSA) is 90.6 Å². The van der Waals surface area contributed by atoms with E-state index >= 15 is 0 Å². The summed E-state index contributed by atoms with van der Waals surface area (Å²) in [7, 11) is 2.92. The van der Waals surface area contributed by atoms with Crippen molar-refractivity contribution in [2.75, 3.05) is 19.5 Å². The first-order chi connectivity index (χ1) is 11.4. The van der Waals surface area contributed by atoms with Crippen molar-refractivity contribution in [3.63, 3.8) is 0 Å². The molecule has 2 aromatic carbocycles. The lowest BCUT2D eigenvalue weighted by Gasteiger charge is -2.13. The van der Waals surface area contributed by atoms with Gasteiger partial charge in [0, 0.05) is 9.13 Å². The largest absolute Gasteiger partial charge is 0.496 e. The average molecular weight is 461 g/mol. The van der Waals surface area contributed by atoms with E-state index in [4.69, 9.17) is 26.8 Å². The summed E-state index contributed by atoms with van der Waals surface area (Å²) >= 11 is 8.13. The number of carbonyl (C=O) groups excluding carboxylic acids is 2. The molecule has 6 nitrogen and oxygen atoms in total. The van der Waals surface area contributed by atoms with Crippen molar-refractivity contribution in [2.24, 2.45) is 5.73 Å². The van der Waals surface area contributed by atoms with Crippen LogP contribution in [0, 0.1) is 3.57 Å². The van der Waals surface area contributed by atoms with Crippen molar-refractivity contribution in [1.29, 1.82) is 0 Å². The zero-order valence-electron chi connectivity index (χ0n) is 12.9. The summed E-state index contributed by atoms with van der Waals surface area (Å²) in [6.07, 6.45) is 0. The Morgan fingerprint density at radius 2 is 1.79 bits per heavy atom. The molecule has 0 heterocycles. The molecular weight excluding hydrogens is 447 g/mol. The van der Waals surface area contributed by atoms with E-state index in [0.29, 0.717) is 22.2 Å². The van der Waals surface area contributed by atoms with Crippen molar-refractivity contribution in [3.8, 4) is 11.5 Å². The molecular formula is C16H14ClIN2O4. The van der Waals surface area contributed by atoms with Gasteiger partial charge in [0.2, 0.25) is 5.91 Å². The molecule has 8 heteroatoms. The van der Waals surface area contributed by atoms with Crippen LogP contribution in [-0.4, -0.2) is 26.0 Å². The maximum Gasteiger partial charge on any atom is 0.259 e. The zero-order chi connectivity index (χ0) is 17.9. The molecule has 0 radical (unpaired) electrons. The Balaban J connectivity index is 2.41. The molecule has 24 heavy (non-hydrogen) atoms. The number of nitrogens with one attached hydrogen (secondary N) is 1. The Hall–Kier alpha value is -2.00. The summed E-state index contributed by atoms with van der Waals surface area (Å²) in [6.45, 7) is 0. The first-order valence-corrected chi connectivity index (χ1v) is 8.15. The predicted octanol–water partition coefficient (Wildman–Crippen LogP) is 3.31. The molecule has 2 rings (SSSR count). The van der Waals surface area contributed by atoms with Crippen LogP contribution in [0.5, 0.6) is 11.5 Å². The second kappa shape index (κ2) is 7.71. The van der Waals surface area contributed by atoms with Crippen LogP contribution in [0.1, 0.15) is 20.7 Å². The van der Waals surface area contributed by atoms with Crippen LogP contribution in [-0.2, 0) is 0 Å². The molecule has 2 amide bonds. The fourth-order valence-corrected chi connectivity index (χ4v) is 2.63. The van der Waals surface area contributed by atoms with Gasteiger partial charge in [0.25, 0.3) is 5.91 Å². The molecule has 3 N–H and O–H groups in total. The summed E-state index contributed by atoms with van der Waals surface area (Å²) in [5.74, 6) is -0.289. The van der Waals surface area contributed by atoms with Crippen LogP contribution >= 0.6 is 34.2 Å². The van der Waals surface area contributed by atoms with E-state index in [0.717, 1.165) is 3.57 Å². The Labute approximate surface area is 157 Å². The highest BCUT2D eigenvalue weighted by Crippen LogP contribution is 2.31. The number of hydrogen-bond acceptors (Lipinski definition) is 4. The normalized spacial score (nSPS) is 10.2. The van der Waals surface area contributed by atoms with Gasteiger partial charge < -0.3 is 20.5 Å². The smallest absolute Gasteiger partial charge is 0.259 e. The molecule has 0 unspecified atom stereocenters. The highest BCUT2D eigenvalue weighted by Gasteiger charge is 2.17. The van der Waals surface area contributed by atoms with E-state index in [1.54, 1.807) is 12.1 Å². The number of methoxy groups -OCH3 is 2. The molecule has 0 aliphatic rings. The summed E-state index contributed by atoms with van der Waals surface area (Å²) in [6, 6.07) is 7.68. The molecule has 0 aromatic heterocycles. The SMILES string of the molecule is COc1ccc(C(N)=O)cc1NC(=O)c1cc(Cl)c(I)cc1OC. The second-order valence-electron chi connectivity index (χ2n) is 4.70. The van der Waals surface area contributed by atoms with E-state index in [1.807, 2.05) is 22.6 Å². The lowest BCUT2D eigenvalue weighted by molar-refractivity contribution is 0.0995. The Morgan fingerprint density at radius 1 is 1.12 bits per heavy atom. The summed E-state index contributed by atoms with van der Waals surface area (Å²) < 4.78 is 11.2. The molecule has 0 aliphatic heterocycles. The first-order valence-electron chi connectivity index (χ1n) is 6.69. The molecule has 126 valence electrons. The number of carbonyl (C=O) groups is 2. The molecule has 2 aromatic rings. The van der Waals surface area contributed by atoms with Crippen molar-refractivity contribution in [2.45, 2.75) is 0 Å². The minimum Gasteiger partial charge on any atom is -0.496 e. The highest BCUT2D eigenvalue weighted by molar-refractivity contribution is 14.1. The molecule has 0 fully saturated rings. The van der Waals surface area contributed by atoms with Crippen LogP contribution in [0.3, 0.4) is 0 Å². The number of primary amides is 1. The van der Waals surface area contributed by atoms with Crippen LogP contribution in [0.2, 0.25) is 5.02 Å². The second-order valence-corrected chi connectivity index (χ2v) is 6.27. The molecule has 0 aliphatic carbocycles. The van der Waals surface area contributed by atoms with Gasteiger partial charge in [-0.3, -0.25) is 9.59 Å². The number of rotatable bonds is 5. The number of benzene rings is 2. The quantitative estimate of drug-likeness (QED) is 0.670. The fraction of sp³-hybridized carbons (Fsp3) is 0.125. The highest BCUT2D eigenvalue weighted by atomic mass is 127. The van der Waals surface area contributed by atoms with Crippen molar-refractivity contribution in [1.82, 2.24) is 0 Å². The van der Waals surface area contributed by atoms with Crippen molar-refractivity contribution >= 4 is 51.7 Å². The zero-order valence-corrected chi connectivity index (χ0v) is 15.8. The lowest BCUT2D eigenvalue weighted by Crippen LogP contribution is -2.16. The average Bonchev–Trinajstić information content (AvgIpc) is 2.56. The van der Waals surface area contributed by atoms with Gasteiger partial charge in [0.1, 0.15) is 11.5 Å². The monoisotopic (exact) mass is 460 g/mol. The van der Waals surface area contributed by atoms with E-state index in [1.165, 1.54) is 32.4 Å². The summed E-state index contributed by atoms with van der Waals surface area (Å²) in [5.41, 5.74) is 6.09. The molecule has 0 atom stereocenters. The number of ether oxygens (including phenoxy) is 2. The van der Waals surface area contributed by atoms with Gasteiger partial charge >= 0.3 is 0 Å². The number of hydrogen-bond donors (Lipinski definition) is 2. The lowest BCUT2D eigenvalue weighted by atomic mass is 10.1. The molecule has 0 saturated heterocycles. The van der Waals surface area contributed by atoms with Crippen LogP contribution < -0.4 is 20.5 Å². The number of anilines is 1. The number of nitrogens with two attached hydrogens (primary N) is 1. The van der Waals surface area contributed by atoms with Crippen LogP contribution in [0.4, 0.5) is 5.69 Å². The maximum atomic E-state index is 12.6. The third-order valence-corrected chi connectivity index (χ3v) is 4.74. The minimum atomic E-state index is -0.608. The standard InChI is InChI=1S/C16H14ClIN2O4/c1-23-13-4-3-8(15(19)21)5-12(13)20-16(22)9-6-10(17)11(18)7-14(9)24-2/h3-7H,1-2H3,(H2,19,21)(H,20,22). The van der Waals surface area contributed by atoms with Gasteiger partial charge in [-0.15, -0.1) is 0 Å². The third-order valence-electron chi connectivity index (χ3n) is 3.22. The van der Waals surface area contributed by atoms with Gasteiger partial charge in [-0.05, 0) is 52.9 Å². The molecule has 0 saturated carbocycles. The Bertz CT molecular complexity index is 811. The van der Waals surface area contributed by atoms with Crippen LogP contribution in [0.25, 0.3) is 0 Å². The fourth-order valence-electron chi connectivity index (χ4n) is 2.02. The van der Waals surface area contributed by atoms with E-state index < -0.39 is 11.8 Å².